The highest BCUT2D eigenvalue weighted by atomic mass is 79.9. The lowest BCUT2D eigenvalue weighted by Gasteiger charge is -2.17. The second kappa shape index (κ2) is 6.12. The van der Waals surface area contributed by atoms with Gasteiger partial charge in [-0.1, -0.05) is 22.9 Å². The summed E-state index contributed by atoms with van der Waals surface area (Å²) in [7, 11) is 0. The molecule has 2 N–H and O–H groups in total. The highest BCUT2D eigenvalue weighted by Crippen LogP contribution is 2.39. The van der Waals surface area contributed by atoms with E-state index < -0.39 is 0 Å². The third kappa shape index (κ3) is 2.80. The van der Waals surface area contributed by atoms with E-state index in [9.17, 15) is 0 Å². The lowest BCUT2D eigenvalue weighted by atomic mass is 9.99. The number of hydrogen-bond acceptors (Lipinski definition) is 4. The highest BCUT2D eigenvalue weighted by molar-refractivity contribution is 9.10. The minimum absolute atomic E-state index is 0.259. The van der Waals surface area contributed by atoms with Crippen LogP contribution in [-0.4, -0.2) is 13.2 Å². The van der Waals surface area contributed by atoms with Crippen LogP contribution in [0.1, 0.15) is 36.3 Å². The van der Waals surface area contributed by atoms with Crippen molar-refractivity contribution >= 4 is 15.9 Å². The van der Waals surface area contributed by atoms with E-state index in [4.69, 9.17) is 19.6 Å². The molecule has 0 bridgehead atoms. The van der Waals surface area contributed by atoms with Crippen LogP contribution in [-0.2, 0) is 6.42 Å². The van der Waals surface area contributed by atoms with Crippen molar-refractivity contribution in [2.75, 3.05) is 13.2 Å². The Kier molecular flexibility index (Phi) is 4.22. The van der Waals surface area contributed by atoms with Crippen LogP contribution in [0.25, 0.3) is 0 Å². The average Bonchev–Trinajstić information content (AvgIpc) is 2.85. The fraction of sp³-hybridized carbons (Fsp3) is 0.375. The molecule has 5 heteroatoms. The number of fused-ring (bicyclic) bond motifs is 1. The molecule has 0 radical (unpaired) electrons. The van der Waals surface area contributed by atoms with Gasteiger partial charge in [-0.2, -0.15) is 0 Å². The van der Waals surface area contributed by atoms with E-state index in [0.29, 0.717) is 13.2 Å². The molecule has 0 saturated heterocycles. The molecule has 0 spiro atoms. The normalized spacial score (nSPS) is 15.6. The van der Waals surface area contributed by atoms with Gasteiger partial charge in [0, 0.05) is 22.9 Å². The summed E-state index contributed by atoms with van der Waals surface area (Å²) >= 11 is 3.59. The summed E-state index contributed by atoms with van der Waals surface area (Å²) in [5.74, 6) is 2.43. The first-order valence-electron chi connectivity index (χ1n) is 7.11. The van der Waals surface area contributed by atoms with Gasteiger partial charge < -0.3 is 19.6 Å². The number of aryl methyl sites for hydroxylation is 1. The molecule has 112 valence electrons. The van der Waals surface area contributed by atoms with Crippen molar-refractivity contribution in [2.24, 2.45) is 5.73 Å². The zero-order valence-electron chi connectivity index (χ0n) is 11.9. The van der Waals surface area contributed by atoms with Gasteiger partial charge in [0.15, 0.2) is 11.5 Å². The molecule has 1 aliphatic heterocycles. The predicted octanol–water partition coefficient (Wildman–Crippen LogP) is 3.81. The molecule has 0 fully saturated rings. The molecular formula is C16H18BrNO3. The van der Waals surface area contributed by atoms with E-state index in [1.807, 2.05) is 18.2 Å². The standard InChI is InChI=1S/C16H18BrNO3/c1-2-13-10(4-7-21-13)16(18)11-8-14-15(9-12(11)17)20-6-3-5-19-14/h4,7-9,16H,2-3,5-6,18H2,1H3. The van der Waals surface area contributed by atoms with Gasteiger partial charge in [-0.3, -0.25) is 0 Å². The molecule has 1 aromatic heterocycles. The Hall–Kier alpha value is -1.46. The Morgan fingerprint density at radius 1 is 1.19 bits per heavy atom. The Bertz CT molecular complexity index is 638. The number of halogens is 1. The summed E-state index contributed by atoms with van der Waals surface area (Å²) in [6.07, 6.45) is 3.39. The quantitative estimate of drug-likeness (QED) is 0.913. The zero-order chi connectivity index (χ0) is 14.8. The predicted molar refractivity (Wildman–Crippen MR) is 83.9 cm³/mol. The maximum atomic E-state index is 6.42. The van der Waals surface area contributed by atoms with Gasteiger partial charge in [0.25, 0.3) is 0 Å². The summed E-state index contributed by atoms with van der Waals surface area (Å²) < 4.78 is 17.8. The van der Waals surface area contributed by atoms with Gasteiger partial charge in [-0.15, -0.1) is 0 Å². The third-order valence-corrected chi connectivity index (χ3v) is 4.32. The summed E-state index contributed by atoms with van der Waals surface area (Å²) in [5, 5.41) is 0. The molecule has 3 rings (SSSR count). The van der Waals surface area contributed by atoms with E-state index in [0.717, 1.165) is 45.7 Å². The Morgan fingerprint density at radius 3 is 2.62 bits per heavy atom. The van der Waals surface area contributed by atoms with Crippen LogP contribution < -0.4 is 15.2 Å². The van der Waals surface area contributed by atoms with Gasteiger partial charge in [-0.05, 0) is 23.8 Å². The van der Waals surface area contributed by atoms with Crippen LogP contribution in [0.5, 0.6) is 11.5 Å². The van der Waals surface area contributed by atoms with Crippen LogP contribution >= 0.6 is 15.9 Å². The van der Waals surface area contributed by atoms with Crippen molar-refractivity contribution in [1.29, 1.82) is 0 Å². The lowest BCUT2D eigenvalue weighted by Crippen LogP contribution is -2.13. The second-order valence-corrected chi connectivity index (χ2v) is 5.86. The molecule has 2 aromatic rings. The summed E-state index contributed by atoms with van der Waals surface area (Å²) in [5.41, 5.74) is 8.40. The van der Waals surface area contributed by atoms with Crippen molar-refractivity contribution in [1.82, 2.24) is 0 Å². The molecule has 1 unspecified atom stereocenters. The molecule has 0 saturated carbocycles. The van der Waals surface area contributed by atoms with Crippen molar-refractivity contribution in [3.63, 3.8) is 0 Å². The molecule has 1 aliphatic rings. The van der Waals surface area contributed by atoms with Crippen molar-refractivity contribution in [3.05, 3.63) is 45.8 Å². The first kappa shape index (κ1) is 14.5. The maximum absolute atomic E-state index is 6.42. The summed E-state index contributed by atoms with van der Waals surface area (Å²) in [4.78, 5) is 0. The Balaban J connectivity index is 2.00. The first-order chi connectivity index (χ1) is 10.2. The number of nitrogens with two attached hydrogens (primary N) is 1. The van der Waals surface area contributed by atoms with Gasteiger partial charge >= 0.3 is 0 Å². The molecule has 0 amide bonds. The van der Waals surface area contributed by atoms with Crippen LogP contribution in [0, 0.1) is 0 Å². The monoisotopic (exact) mass is 351 g/mol. The maximum Gasteiger partial charge on any atom is 0.162 e. The lowest BCUT2D eigenvalue weighted by molar-refractivity contribution is 0.297. The molecule has 0 aliphatic carbocycles. The smallest absolute Gasteiger partial charge is 0.162 e. The van der Waals surface area contributed by atoms with Crippen LogP contribution in [0.4, 0.5) is 0 Å². The summed E-state index contributed by atoms with van der Waals surface area (Å²) in [6.45, 7) is 3.39. The van der Waals surface area contributed by atoms with Gasteiger partial charge in [0.1, 0.15) is 5.76 Å². The van der Waals surface area contributed by atoms with Crippen LogP contribution in [0.3, 0.4) is 0 Å². The number of rotatable bonds is 3. The Labute approximate surface area is 132 Å². The fourth-order valence-corrected chi connectivity index (χ4v) is 3.09. The van der Waals surface area contributed by atoms with Gasteiger partial charge in [0.2, 0.25) is 0 Å². The molecule has 2 heterocycles. The van der Waals surface area contributed by atoms with Crippen LogP contribution in [0.2, 0.25) is 0 Å². The molecule has 1 atom stereocenters. The topological polar surface area (TPSA) is 57.6 Å². The molecular weight excluding hydrogens is 334 g/mol. The van der Waals surface area contributed by atoms with E-state index in [-0.39, 0.29) is 6.04 Å². The van der Waals surface area contributed by atoms with E-state index >= 15 is 0 Å². The largest absolute Gasteiger partial charge is 0.490 e. The molecule has 4 nitrogen and oxygen atoms in total. The second-order valence-electron chi connectivity index (χ2n) is 5.00. The van der Waals surface area contributed by atoms with E-state index in [1.165, 1.54) is 0 Å². The van der Waals surface area contributed by atoms with Gasteiger partial charge in [-0.25, -0.2) is 0 Å². The number of ether oxygens (including phenoxy) is 2. The van der Waals surface area contributed by atoms with E-state index in [1.54, 1.807) is 6.26 Å². The minimum atomic E-state index is -0.259. The molecule has 21 heavy (non-hydrogen) atoms. The number of furan rings is 1. The zero-order valence-corrected chi connectivity index (χ0v) is 13.5. The highest BCUT2D eigenvalue weighted by Gasteiger charge is 2.21. The van der Waals surface area contributed by atoms with Crippen molar-refractivity contribution in [3.8, 4) is 11.5 Å². The van der Waals surface area contributed by atoms with Crippen LogP contribution in [0.15, 0.2) is 33.4 Å². The third-order valence-electron chi connectivity index (χ3n) is 3.64. The average molecular weight is 352 g/mol. The van der Waals surface area contributed by atoms with Gasteiger partial charge in [0.05, 0.1) is 25.5 Å². The SMILES string of the molecule is CCc1occc1C(N)c1cc2c(cc1Br)OCCCO2. The summed E-state index contributed by atoms with van der Waals surface area (Å²) in [6, 6.07) is 5.56. The minimum Gasteiger partial charge on any atom is -0.490 e. The fourth-order valence-electron chi connectivity index (χ4n) is 2.52. The van der Waals surface area contributed by atoms with Crippen molar-refractivity contribution in [2.45, 2.75) is 25.8 Å². The molecule has 1 aromatic carbocycles. The number of hydrogen-bond donors (Lipinski definition) is 1. The Morgan fingerprint density at radius 2 is 1.90 bits per heavy atom. The first-order valence-corrected chi connectivity index (χ1v) is 7.91. The van der Waals surface area contributed by atoms with E-state index in [2.05, 4.69) is 22.9 Å². The van der Waals surface area contributed by atoms with Crippen molar-refractivity contribution < 1.29 is 13.9 Å². The number of benzene rings is 1.